The zero-order valence-electron chi connectivity index (χ0n) is 7.52. The molecule has 2 atom stereocenters. The lowest BCUT2D eigenvalue weighted by Gasteiger charge is -2.21. The maximum Gasteiger partial charge on any atom is 0.261 e. The van der Waals surface area contributed by atoms with Gasteiger partial charge in [0.1, 0.15) is 5.25 Å². The molecule has 0 amide bonds. The van der Waals surface area contributed by atoms with Gasteiger partial charge in [-0.2, -0.15) is 12.6 Å². The minimum atomic E-state index is -0.376. The maximum absolute atomic E-state index is 10.6. The number of nitro groups is 1. The van der Waals surface area contributed by atoms with Gasteiger partial charge >= 0.3 is 0 Å². The molecule has 0 saturated carbocycles. The zero-order chi connectivity index (χ0) is 10.0. The summed E-state index contributed by atoms with van der Waals surface area (Å²) >= 11 is 4.19. The van der Waals surface area contributed by atoms with Crippen molar-refractivity contribution in [1.82, 2.24) is 5.32 Å². The third-order valence-electron chi connectivity index (χ3n) is 2.01. The standard InChI is InChI=1S/C8H12N2O2S/c1-5-3-6(9-2)8(13)7(4-5)10(11)12/h3-4,6,8-9,13H,1-2H3. The maximum atomic E-state index is 10.6. The molecule has 0 bridgehead atoms. The summed E-state index contributed by atoms with van der Waals surface area (Å²) < 4.78 is 0. The highest BCUT2D eigenvalue weighted by atomic mass is 32.1. The molecule has 0 aliphatic heterocycles. The van der Waals surface area contributed by atoms with Crippen LogP contribution < -0.4 is 5.32 Å². The molecule has 1 rings (SSSR count). The average Bonchev–Trinajstić information content (AvgIpc) is 2.08. The van der Waals surface area contributed by atoms with Crippen molar-refractivity contribution in [3.8, 4) is 0 Å². The lowest BCUT2D eigenvalue weighted by molar-refractivity contribution is -0.427. The van der Waals surface area contributed by atoms with Crippen LogP contribution >= 0.6 is 12.6 Å². The van der Waals surface area contributed by atoms with E-state index in [0.29, 0.717) is 0 Å². The third-order valence-corrected chi connectivity index (χ3v) is 2.59. The molecule has 0 spiro atoms. The van der Waals surface area contributed by atoms with Crippen molar-refractivity contribution in [2.75, 3.05) is 7.05 Å². The van der Waals surface area contributed by atoms with Gasteiger partial charge in [-0.25, -0.2) is 0 Å². The SMILES string of the molecule is CNC1C=C(C)C=C([N+](=O)[O-])C1S. The monoisotopic (exact) mass is 200 g/mol. The smallest absolute Gasteiger partial charge is 0.261 e. The van der Waals surface area contributed by atoms with Crippen molar-refractivity contribution in [3.05, 3.63) is 33.5 Å². The van der Waals surface area contributed by atoms with Crippen LogP contribution in [0.25, 0.3) is 0 Å². The van der Waals surface area contributed by atoms with E-state index in [0.717, 1.165) is 5.57 Å². The summed E-state index contributed by atoms with van der Waals surface area (Å²) in [6.45, 7) is 1.84. The van der Waals surface area contributed by atoms with Crippen molar-refractivity contribution in [2.24, 2.45) is 0 Å². The summed E-state index contributed by atoms with van der Waals surface area (Å²) in [6, 6.07) is -0.0614. The van der Waals surface area contributed by atoms with E-state index in [9.17, 15) is 10.1 Å². The second kappa shape index (κ2) is 3.93. The molecule has 72 valence electrons. The molecule has 0 saturated heterocycles. The normalized spacial score (nSPS) is 27.9. The Balaban J connectivity index is 2.97. The van der Waals surface area contributed by atoms with E-state index >= 15 is 0 Å². The Morgan fingerprint density at radius 1 is 1.69 bits per heavy atom. The largest absolute Gasteiger partial charge is 0.312 e. The highest BCUT2D eigenvalue weighted by Gasteiger charge is 2.30. The molecular weight excluding hydrogens is 188 g/mol. The molecule has 0 aromatic carbocycles. The number of allylic oxidation sites excluding steroid dienone is 2. The molecule has 0 aromatic rings. The van der Waals surface area contributed by atoms with Crippen LogP contribution in [-0.4, -0.2) is 23.3 Å². The number of nitrogens with one attached hydrogen (secondary N) is 1. The van der Waals surface area contributed by atoms with Gasteiger partial charge < -0.3 is 5.32 Å². The number of thiol groups is 1. The molecule has 2 unspecified atom stereocenters. The van der Waals surface area contributed by atoms with Crippen molar-refractivity contribution < 1.29 is 4.92 Å². The first-order chi connectivity index (χ1) is 6.06. The summed E-state index contributed by atoms with van der Waals surface area (Å²) in [5.74, 6) is 0. The minimum absolute atomic E-state index is 0.0614. The predicted molar refractivity (Wildman–Crippen MR) is 54.5 cm³/mol. The predicted octanol–water partition coefficient (Wildman–Crippen LogP) is 0.993. The summed E-state index contributed by atoms with van der Waals surface area (Å²) in [5, 5.41) is 13.2. The Labute approximate surface area is 82.3 Å². The van der Waals surface area contributed by atoms with Gasteiger partial charge in [0.05, 0.1) is 4.92 Å². The highest BCUT2D eigenvalue weighted by Crippen LogP contribution is 2.22. The van der Waals surface area contributed by atoms with Crippen LogP contribution in [0.5, 0.6) is 0 Å². The Bertz CT molecular complexity index is 286. The molecule has 4 nitrogen and oxygen atoms in total. The lowest BCUT2D eigenvalue weighted by atomic mass is 10.0. The van der Waals surface area contributed by atoms with Crippen LogP contribution in [0.4, 0.5) is 0 Å². The third kappa shape index (κ3) is 2.10. The van der Waals surface area contributed by atoms with E-state index in [-0.39, 0.29) is 21.9 Å². The topological polar surface area (TPSA) is 55.2 Å². The van der Waals surface area contributed by atoms with Gasteiger partial charge in [0, 0.05) is 12.1 Å². The molecular formula is C8H12N2O2S. The summed E-state index contributed by atoms with van der Waals surface area (Å²) in [6.07, 6.45) is 3.50. The molecule has 1 N–H and O–H groups in total. The van der Waals surface area contributed by atoms with E-state index in [2.05, 4.69) is 17.9 Å². The molecule has 0 fully saturated rings. The van der Waals surface area contributed by atoms with E-state index in [4.69, 9.17) is 0 Å². The van der Waals surface area contributed by atoms with Crippen molar-refractivity contribution >= 4 is 12.6 Å². The van der Waals surface area contributed by atoms with Crippen LogP contribution in [-0.2, 0) is 0 Å². The van der Waals surface area contributed by atoms with E-state index in [1.807, 2.05) is 13.0 Å². The van der Waals surface area contributed by atoms with Gasteiger partial charge in [-0.15, -0.1) is 0 Å². The fraction of sp³-hybridized carbons (Fsp3) is 0.500. The summed E-state index contributed by atoms with van der Waals surface area (Å²) in [7, 11) is 1.76. The van der Waals surface area contributed by atoms with E-state index in [1.54, 1.807) is 13.1 Å². The van der Waals surface area contributed by atoms with Crippen molar-refractivity contribution in [2.45, 2.75) is 18.2 Å². The fourth-order valence-electron chi connectivity index (χ4n) is 1.33. The Kier molecular flexibility index (Phi) is 3.11. The van der Waals surface area contributed by atoms with E-state index in [1.165, 1.54) is 0 Å². The molecule has 0 radical (unpaired) electrons. The zero-order valence-corrected chi connectivity index (χ0v) is 8.41. The Morgan fingerprint density at radius 3 is 2.77 bits per heavy atom. The van der Waals surface area contributed by atoms with Crippen molar-refractivity contribution in [3.63, 3.8) is 0 Å². The van der Waals surface area contributed by atoms with Gasteiger partial charge in [0.15, 0.2) is 0 Å². The molecule has 1 aliphatic rings. The first-order valence-electron chi connectivity index (χ1n) is 3.96. The van der Waals surface area contributed by atoms with Gasteiger partial charge in [0.2, 0.25) is 0 Å². The van der Waals surface area contributed by atoms with Crippen molar-refractivity contribution in [1.29, 1.82) is 0 Å². The number of likely N-dealkylation sites (N-methyl/N-ethyl adjacent to an activating group) is 1. The van der Waals surface area contributed by atoms with E-state index < -0.39 is 0 Å². The fourth-order valence-corrected chi connectivity index (χ4v) is 1.73. The molecule has 1 aliphatic carbocycles. The van der Waals surface area contributed by atoms with Gasteiger partial charge in [-0.3, -0.25) is 10.1 Å². The van der Waals surface area contributed by atoms with Crippen LogP contribution in [0, 0.1) is 10.1 Å². The first-order valence-corrected chi connectivity index (χ1v) is 4.47. The summed E-state index contributed by atoms with van der Waals surface area (Å²) in [5.41, 5.74) is 1.05. The highest BCUT2D eigenvalue weighted by molar-refractivity contribution is 7.81. The van der Waals surface area contributed by atoms with Gasteiger partial charge in [-0.05, 0) is 19.5 Å². The average molecular weight is 200 g/mol. The first kappa shape index (κ1) is 10.3. The second-order valence-corrected chi connectivity index (χ2v) is 3.55. The molecule has 5 heteroatoms. The van der Waals surface area contributed by atoms with Gasteiger partial charge in [-0.1, -0.05) is 6.08 Å². The minimum Gasteiger partial charge on any atom is -0.312 e. The van der Waals surface area contributed by atoms with Crippen LogP contribution in [0.2, 0.25) is 0 Å². The lowest BCUT2D eigenvalue weighted by Crippen LogP contribution is -2.37. The number of hydrogen-bond donors (Lipinski definition) is 2. The van der Waals surface area contributed by atoms with Gasteiger partial charge in [0.25, 0.3) is 5.70 Å². The second-order valence-electron chi connectivity index (χ2n) is 3.00. The van der Waals surface area contributed by atoms with Crippen LogP contribution in [0.15, 0.2) is 23.4 Å². The molecule has 13 heavy (non-hydrogen) atoms. The number of hydrogen-bond acceptors (Lipinski definition) is 4. The Hall–Kier alpha value is -0.810. The number of rotatable bonds is 2. The molecule has 0 aromatic heterocycles. The molecule has 0 heterocycles. The quantitative estimate of drug-likeness (QED) is 0.397. The number of nitrogens with zero attached hydrogens (tertiary/aromatic N) is 1. The summed E-state index contributed by atoms with van der Waals surface area (Å²) in [4.78, 5) is 10.2. The Morgan fingerprint density at radius 2 is 2.31 bits per heavy atom. The van der Waals surface area contributed by atoms with Crippen LogP contribution in [0.1, 0.15) is 6.92 Å². The van der Waals surface area contributed by atoms with Crippen LogP contribution in [0.3, 0.4) is 0 Å².